The first-order chi connectivity index (χ1) is 8.22. The molecule has 5 nitrogen and oxygen atoms in total. The van der Waals surface area contributed by atoms with E-state index in [9.17, 15) is 9.59 Å². The lowest BCUT2D eigenvalue weighted by atomic mass is 10.1. The van der Waals surface area contributed by atoms with Gasteiger partial charge in [0.2, 0.25) is 0 Å². The van der Waals surface area contributed by atoms with Crippen molar-refractivity contribution in [3.8, 4) is 0 Å². The largest absolute Gasteiger partial charge is 0.468 e. The number of esters is 1. The Hall–Kier alpha value is -2.04. The monoisotopic (exact) mass is 235 g/mol. The summed E-state index contributed by atoms with van der Waals surface area (Å²) in [6.07, 6.45) is -0.482. The van der Waals surface area contributed by atoms with Crippen molar-refractivity contribution in [2.45, 2.75) is 6.04 Å². The quantitative estimate of drug-likeness (QED) is 0.742. The van der Waals surface area contributed by atoms with Gasteiger partial charge in [0.05, 0.1) is 13.2 Å². The Kier molecular flexibility index (Phi) is 3.27. The third-order valence-electron chi connectivity index (χ3n) is 2.69. The number of hydrogen-bond donors (Lipinski definition) is 0. The van der Waals surface area contributed by atoms with Crippen LogP contribution in [0.5, 0.6) is 0 Å². The molecule has 17 heavy (non-hydrogen) atoms. The smallest absolute Gasteiger partial charge is 0.411 e. The molecule has 1 saturated heterocycles. The van der Waals surface area contributed by atoms with Crippen LogP contribution in [0.2, 0.25) is 0 Å². The maximum atomic E-state index is 11.5. The Bertz CT molecular complexity index is 418. The molecule has 90 valence electrons. The Labute approximate surface area is 98.9 Å². The Balaban J connectivity index is 2.16. The van der Waals surface area contributed by atoms with Crippen molar-refractivity contribution in [2.75, 3.05) is 20.3 Å². The first-order valence-electron chi connectivity index (χ1n) is 5.27. The molecule has 1 fully saturated rings. The summed E-state index contributed by atoms with van der Waals surface area (Å²) in [5.74, 6) is -0.454. The number of amides is 1. The van der Waals surface area contributed by atoms with Crippen LogP contribution in [-0.2, 0) is 14.3 Å². The van der Waals surface area contributed by atoms with Crippen LogP contribution in [0.4, 0.5) is 4.79 Å². The van der Waals surface area contributed by atoms with Crippen molar-refractivity contribution >= 4 is 12.1 Å². The number of benzene rings is 1. The van der Waals surface area contributed by atoms with Crippen molar-refractivity contribution in [1.82, 2.24) is 4.90 Å². The van der Waals surface area contributed by atoms with Gasteiger partial charge in [0, 0.05) is 0 Å². The zero-order chi connectivity index (χ0) is 12.3. The fraction of sp³-hybridized carbons (Fsp3) is 0.333. The van der Waals surface area contributed by atoms with E-state index < -0.39 is 12.1 Å². The Morgan fingerprint density at radius 1 is 1.47 bits per heavy atom. The molecule has 0 aromatic heterocycles. The molecule has 0 radical (unpaired) electrons. The third-order valence-corrected chi connectivity index (χ3v) is 2.69. The summed E-state index contributed by atoms with van der Waals surface area (Å²) in [6.45, 7) is 0.175. The van der Waals surface area contributed by atoms with E-state index in [-0.39, 0.29) is 19.2 Å². The molecule has 1 atom stereocenters. The average molecular weight is 235 g/mol. The first kappa shape index (κ1) is 11.4. The molecular formula is C12H13NO4. The zero-order valence-electron chi connectivity index (χ0n) is 9.46. The summed E-state index contributed by atoms with van der Waals surface area (Å²) in [4.78, 5) is 24.1. The molecule has 1 aromatic carbocycles. The minimum Gasteiger partial charge on any atom is -0.468 e. The summed E-state index contributed by atoms with van der Waals surface area (Å²) >= 11 is 0. The molecule has 0 spiro atoms. The van der Waals surface area contributed by atoms with Crippen LogP contribution < -0.4 is 0 Å². The van der Waals surface area contributed by atoms with E-state index in [1.165, 1.54) is 12.0 Å². The lowest BCUT2D eigenvalue weighted by Crippen LogP contribution is -2.33. The summed E-state index contributed by atoms with van der Waals surface area (Å²) in [7, 11) is 1.29. The molecular weight excluding hydrogens is 222 g/mol. The van der Waals surface area contributed by atoms with Gasteiger partial charge in [0.25, 0.3) is 0 Å². The SMILES string of the molecule is COC(=O)CN1C(=O)OCC1c1ccccc1. The molecule has 1 aliphatic rings. The number of methoxy groups -OCH3 is 1. The number of cyclic esters (lactones) is 1. The van der Waals surface area contributed by atoms with E-state index in [1.54, 1.807) is 0 Å². The highest BCUT2D eigenvalue weighted by Crippen LogP contribution is 2.26. The highest BCUT2D eigenvalue weighted by Gasteiger charge is 2.35. The van der Waals surface area contributed by atoms with Crippen LogP contribution in [0.15, 0.2) is 30.3 Å². The van der Waals surface area contributed by atoms with Crippen molar-refractivity contribution in [1.29, 1.82) is 0 Å². The van der Waals surface area contributed by atoms with E-state index in [0.29, 0.717) is 0 Å². The van der Waals surface area contributed by atoms with Crippen LogP contribution in [-0.4, -0.2) is 37.2 Å². The topological polar surface area (TPSA) is 55.8 Å². The zero-order valence-corrected chi connectivity index (χ0v) is 9.46. The van der Waals surface area contributed by atoms with Gasteiger partial charge < -0.3 is 9.47 Å². The van der Waals surface area contributed by atoms with E-state index >= 15 is 0 Å². The summed E-state index contributed by atoms with van der Waals surface area (Å²) in [5.41, 5.74) is 0.947. The maximum Gasteiger partial charge on any atom is 0.411 e. The van der Waals surface area contributed by atoms with Crippen LogP contribution in [0.25, 0.3) is 0 Å². The van der Waals surface area contributed by atoms with Gasteiger partial charge in [-0.05, 0) is 5.56 Å². The fourth-order valence-corrected chi connectivity index (χ4v) is 1.78. The van der Waals surface area contributed by atoms with Gasteiger partial charge >= 0.3 is 12.1 Å². The Morgan fingerprint density at radius 2 is 2.18 bits per heavy atom. The van der Waals surface area contributed by atoms with Gasteiger partial charge in [-0.1, -0.05) is 30.3 Å². The molecule has 0 N–H and O–H groups in total. The van der Waals surface area contributed by atoms with Crippen molar-refractivity contribution < 1.29 is 19.1 Å². The normalized spacial score (nSPS) is 19.0. The predicted octanol–water partition coefficient (Wildman–Crippen LogP) is 1.35. The van der Waals surface area contributed by atoms with E-state index in [4.69, 9.17) is 4.74 Å². The van der Waals surface area contributed by atoms with E-state index in [0.717, 1.165) is 5.56 Å². The molecule has 1 aliphatic heterocycles. The molecule has 1 unspecified atom stereocenters. The van der Waals surface area contributed by atoms with Gasteiger partial charge in [-0.15, -0.1) is 0 Å². The lowest BCUT2D eigenvalue weighted by Gasteiger charge is -2.20. The van der Waals surface area contributed by atoms with Crippen LogP contribution >= 0.6 is 0 Å². The summed E-state index contributed by atoms with van der Waals surface area (Å²) < 4.78 is 9.51. The number of carbonyl (C=O) groups excluding carboxylic acids is 2. The van der Waals surface area contributed by atoms with Crippen LogP contribution in [0, 0.1) is 0 Å². The second-order valence-corrected chi connectivity index (χ2v) is 3.71. The van der Waals surface area contributed by atoms with Crippen LogP contribution in [0.1, 0.15) is 11.6 Å². The Morgan fingerprint density at radius 3 is 2.82 bits per heavy atom. The number of nitrogens with zero attached hydrogens (tertiary/aromatic N) is 1. The number of hydrogen-bond acceptors (Lipinski definition) is 4. The second kappa shape index (κ2) is 4.86. The van der Waals surface area contributed by atoms with Gasteiger partial charge in [-0.3, -0.25) is 9.69 Å². The van der Waals surface area contributed by atoms with Gasteiger partial charge in [-0.2, -0.15) is 0 Å². The fourth-order valence-electron chi connectivity index (χ4n) is 1.78. The summed E-state index contributed by atoms with van der Waals surface area (Å²) in [6, 6.07) is 9.24. The first-order valence-corrected chi connectivity index (χ1v) is 5.27. The lowest BCUT2D eigenvalue weighted by molar-refractivity contribution is -0.141. The minimum absolute atomic E-state index is 0.0884. The van der Waals surface area contributed by atoms with Gasteiger partial charge in [0.15, 0.2) is 0 Å². The third kappa shape index (κ3) is 2.38. The molecule has 1 heterocycles. The standard InChI is InChI=1S/C12H13NO4/c1-16-11(14)7-13-10(8-17-12(13)15)9-5-3-2-4-6-9/h2-6,10H,7-8H2,1H3. The predicted molar refractivity (Wildman–Crippen MR) is 59.3 cm³/mol. The highest BCUT2D eigenvalue weighted by atomic mass is 16.6. The molecule has 0 aliphatic carbocycles. The number of rotatable bonds is 3. The molecule has 0 saturated carbocycles. The van der Waals surface area contributed by atoms with E-state index in [1.807, 2.05) is 30.3 Å². The average Bonchev–Trinajstić information content (AvgIpc) is 2.72. The number of ether oxygens (including phenoxy) is 2. The number of carbonyl (C=O) groups is 2. The maximum absolute atomic E-state index is 11.5. The molecule has 2 rings (SSSR count). The summed E-state index contributed by atoms with van der Waals surface area (Å²) in [5, 5.41) is 0. The van der Waals surface area contributed by atoms with Crippen molar-refractivity contribution in [3.63, 3.8) is 0 Å². The van der Waals surface area contributed by atoms with Gasteiger partial charge in [-0.25, -0.2) is 4.79 Å². The van der Waals surface area contributed by atoms with Gasteiger partial charge in [0.1, 0.15) is 13.2 Å². The second-order valence-electron chi connectivity index (χ2n) is 3.71. The van der Waals surface area contributed by atoms with E-state index in [2.05, 4.69) is 4.74 Å². The van der Waals surface area contributed by atoms with Crippen LogP contribution in [0.3, 0.4) is 0 Å². The van der Waals surface area contributed by atoms with Crippen molar-refractivity contribution in [2.24, 2.45) is 0 Å². The molecule has 0 bridgehead atoms. The molecule has 1 aromatic rings. The minimum atomic E-state index is -0.482. The molecule has 1 amide bonds. The highest BCUT2D eigenvalue weighted by molar-refractivity contribution is 5.79. The molecule has 5 heteroatoms. The van der Waals surface area contributed by atoms with Crippen molar-refractivity contribution in [3.05, 3.63) is 35.9 Å².